The van der Waals surface area contributed by atoms with E-state index in [2.05, 4.69) is 20.7 Å². The second-order valence-electron chi connectivity index (χ2n) is 5.98. The highest BCUT2D eigenvalue weighted by Crippen LogP contribution is 2.33. The smallest absolute Gasteiger partial charge is 0.265 e. The van der Waals surface area contributed by atoms with Crippen molar-refractivity contribution < 1.29 is 14.3 Å². The molecule has 1 amide bonds. The third-order valence-electron chi connectivity index (χ3n) is 3.90. The van der Waals surface area contributed by atoms with Crippen molar-refractivity contribution in [2.45, 2.75) is 0 Å². The lowest BCUT2D eigenvalue weighted by Gasteiger charge is -2.04. The number of thiazole rings is 1. The van der Waals surface area contributed by atoms with Gasteiger partial charge in [-0.1, -0.05) is 23.5 Å². The summed E-state index contributed by atoms with van der Waals surface area (Å²) in [6.45, 7) is 0.471. The quantitative estimate of drug-likeness (QED) is 0.446. The van der Waals surface area contributed by atoms with Crippen molar-refractivity contribution in [2.24, 2.45) is 7.05 Å². The first-order valence-corrected chi connectivity index (χ1v) is 10.0. The number of anilines is 2. The van der Waals surface area contributed by atoms with Crippen molar-refractivity contribution >= 4 is 48.9 Å². The first-order valence-electron chi connectivity index (χ1n) is 8.39. The molecule has 0 bridgehead atoms. The van der Waals surface area contributed by atoms with Crippen molar-refractivity contribution in [2.75, 3.05) is 23.8 Å². The number of aryl methyl sites for hydroxylation is 1. The maximum absolute atomic E-state index is 13.8. The van der Waals surface area contributed by atoms with Crippen LogP contribution in [0.3, 0.4) is 0 Å². The number of carbonyl (C=O) groups is 1. The third kappa shape index (κ3) is 3.75. The van der Waals surface area contributed by atoms with E-state index >= 15 is 0 Å². The van der Waals surface area contributed by atoms with Crippen LogP contribution in [0.1, 0.15) is 9.67 Å². The number of nitrogens with zero attached hydrogens (tertiary/aromatic N) is 3. The molecule has 3 aromatic heterocycles. The summed E-state index contributed by atoms with van der Waals surface area (Å²) in [5.41, 5.74) is 1.52. The topological polar surface area (TPSA) is 92.1 Å². The molecule has 0 unspecified atom stereocenters. The van der Waals surface area contributed by atoms with Crippen LogP contribution >= 0.6 is 22.7 Å². The molecule has 3 heterocycles. The molecule has 3 N–H and O–H groups in total. The fourth-order valence-electron chi connectivity index (χ4n) is 2.64. The van der Waals surface area contributed by atoms with E-state index in [4.69, 9.17) is 5.11 Å². The maximum atomic E-state index is 13.8. The summed E-state index contributed by atoms with van der Waals surface area (Å²) in [5, 5.41) is 19.5. The predicted molar refractivity (Wildman–Crippen MR) is 110 cm³/mol. The van der Waals surface area contributed by atoms with E-state index < -0.39 is 5.82 Å². The summed E-state index contributed by atoms with van der Waals surface area (Å²) in [6.07, 6.45) is 1.31. The van der Waals surface area contributed by atoms with Crippen molar-refractivity contribution in [1.29, 1.82) is 0 Å². The number of halogens is 1. The van der Waals surface area contributed by atoms with Gasteiger partial charge in [0.25, 0.3) is 5.91 Å². The van der Waals surface area contributed by atoms with Crippen LogP contribution in [-0.2, 0) is 7.05 Å². The molecule has 0 aliphatic heterocycles. The normalized spacial score (nSPS) is 11.1. The number of hydrogen-bond acceptors (Lipinski definition) is 7. The number of aromatic nitrogens is 3. The van der Waals surface area contributed by atoms with E-state index in [0.717, 1.165) is 14.7 Å². The van der Waals surface area contributed by atoms with E-state index in [1.54, 1.807) is 37.4 Å². The number of rotatable bonds is 6. The highest BCUT2D eigenvalue weighted by molar-refractivity contribution is 7.29. The highest BCUT2D eigenvalue weighted by Gasteiger charge is 2.15. The molecule has 0 aliphatic carbocycles. The largest absolute Gasteiger partial charge is 0.395 e. The summed E-state index contributed by atoms with van der Waals surface area (Å²) < 4.78 is 16.2. The van der Waals surface area contributed by atoms with Gasteiger partial charge >= 0.3 is 0 Å². The van der Waals surface area contributed by atoms with E-state index in [-0.39, 0.29) is 18.2 Å². The van der Waals surface area contributed by atoms with Crippen LogP contribution in [0.15, 0.2) is 36.5 Å². The van der Waals surface area contributed by atoms with Crippen LogP contribution in [0.25, 0.3) is 20.8 Å². The average Bonchev–Trinajstić information content (AvgIpc) is 3.33. The Kier molecular flexibility index (Phi) is 5.07. The molecule has 1 aromatic carbocycles. The summed E-state index contributed by atoms with van der Waals surface area (Å²) in [6, 6.07) is 8.66. The van der Waals surface area contributed by atoms with Gasteiger partial charge in [0.2, 0.25) is 0 Å². The van der Waals surface area contributed by atoms with Crippen molar-refractivity contribution in [1.82, 2.24) is 14.8 Å². The van der Waals surface area contributed by atoms with Gasteiger partial charge in [-0.2, -0.15) is 5.10 Å². The number of amides is 1. The second kappa shape index (κ2) is 7.66. The van der Waals surface area contributed by atoms with Gasteiger partial charge in [0.1, 0.15) is 10.5 Å². The zero-order chi connectivity index (χ0) is 19.7. The molecule has 144 valence electrons. The molecular formula is C18H16FN5O2S2. The Morgan fingerprint density at radius 1 is 1.29 bits per heavy atom. The highest BCUT2D eigenvalue weighted by atomic mass is 32.1. The van der Waals surface area contributed by atoms with Crippen molar-refractivity contribution in [3.05, 3.63) is 47.2 Å². The molecule has 4 aromatic rings. The molecule has 0 spiro atoms. The molecule has 0 atom stereocenters. The Morgan fingerprint density at radius 3 is 2.71 bits per heavy atom. The van der Waals surface area contributed by atoms with Crippen LogP contribution in [0.4, 0.5) is 15.2 Å². The van der Waals surface area contributed by atoms with Gasteiger partial charge in [-0.15, -0.1) is 11.3 Å². The minimum Gasteiger partial charge on any atom is -0.395 e. The third-order valence-corrected chi connectivity index (χ3v) is 6.02. The molecule has 10 heteroatoms. The summed E-state index contributed by atoms with van der Waals surface area (Å²) in [4.78, 5) is 18.2. The lowest BCUT2D eigenvalue weighted by atomic mass is 10.1. The zero-order valence-corrected chi connectivity index (χ0v) is 16.4. The van der Waals surface area contributed by atoms with Crippen molar-refractivity contribution in [3.63, 3.8) is 0 Å². The van der Waals surface area contributed by atoms with E-state index in [0.29, 0.717) is 22.7 Å². The van der Waals surface area contributed by atoms with Crippen molar-refractivity contribution in [3.8, 4) is 11.3 Å². The van der Waals surface area contributed by atoms with Crippen LogP contribution in [0, 0.1) is 5.82 Å². The van der Waals surface area contributed by atoms with Gasteiger partial charge in [0, 0.05) is 24.8 Å². The molecule has 0 fully saturated rings. The minimum absolute atomic E-state index is 0.0344. The van der Waals surface area contributed by atoms with E-state index in [1.165, 1.54) is 33.6 Å². The number of fused-ring (bicyclic) bond motifs is 1. The molecule has 28 heavy (non-hydrogen) atoms. The standard InChI is InChI=1S/C18H16FN5O2S2/c1-24-9-12(19)15(23-24)10-2-4-11(5-3-10)21-16(26)13-8-14-17(27-13)22-18(28-14)20-6-7-25/h2-5,8-9,25H,6-7H2,1H3,(H,20,22)(H,21,26). The Bertz CT molecular complexity index is 1100. The van der Waals surface area contributed by atoms with E-state index in [9.17, 15) is 9.18 Å². The monoisotopic (exact) mass is 417 g/mol. The van der Waals surface area contributed by atoms with Crippen LogP contribution in [0.5, 0.6) is 0 Å². The summed E-state index contributed by atoms with van der Waals surface area (Å²) in [7, 11) is 1.66. The Morgan fingerprint density at radius 2 is 2.07 bits per heavy atom. The number of benzene rings is 1. The number of thiophene rings is 1. The summed E-state index contributed by atoms with van der Waals surface area (Å²) >= 11 is 2.74. The molecular weight excluding hydrogens is 401 g/mol. The van der Waals surface area contributed by atoms with Gasteiger partial charge < -0.3 is 15.7 Å². The van der Waals surface area contributed by atoms with Crippen LogP contribution in [-0.4, -0.2) is 38.9 Å². The molecule has 7 nitrogen and oxygen atoms in total. The van der Waals surface area contributed by atoms with Gasteiger partial charge in [-0.25, -0.2) is 9.37 Å². The first kappa shape index (κ1) is 18.5. The lowest BCUT2D eigenvalue weighted by molar-refractivity contribution is 0.103. The number of aliphatic hydroxyl groups excluding tert-OH is 1. The Labute approximate surface area is 167 Å². The van der Waals surface area contributed by atoms with Gasteiger partial charge in [-0.3, -0.25) is 9.48 Å². The molecule has 0 aliphatic rings. The molecule has 0 saturated carbocycles. The number of carbonyl (C=O) groups excluding carboxylic acids is 1. The molecule has 0 saturated heterocycles. The predicted octanol–water partition coefficient (Wildman–Crippen LogP) is 3.55. The average molecular weight is 417 g/mol. The minimum atomic E-state index is -0.390. The second-order valence-corrected chi connectivity index (χ2v) is 8.04. The maximum Gasteiger partial charge on any atom is 0.265 e. The summed E-state index contributed by atoms with van der Waals surface area (Å²) in [5.74, 6) is -0.616. The number of aliphatic hydroxyl groups is 1. The fourth-order valence-corrected chi connectivity index (χ4v) is 4.68. The molecule has 0 radical (unpaired) electrons. The Hall–Kier alpha value is -2.82. The zero-order valence-electron chi connectivity index (χ0n) is 14.8. The van der Waals surface area contributed by atoms with E-state index in [1.807, 2.05) is 0 Å². The van der Waals surface area contributed by atoms with Crippen LogP contribution in [0.2, 0.25) is 0 Å². The van der Waals surface area contributed by atoms with Gasteiger partial charge in [0.15, 0.2) is 10.9 Å². The number of hydrogen-bond donors (Lipinski definition) is 3. The van der Waals surface area contributed by atoms with Crippen LogP contribution < -0.4 is 10.6 Å². The van der Waals surface area contributed by atoms with Gasteiger partial charge in [-0.05, 0) is 18.2 Å². The fraction of sp³-hybridized carbons (Fsp3) is 0.167. The Balaban J connectivity index is 1.46. The molecule has 4 rings (SSSR count). The lowest BCUT2D eigenvalue weighted by Crippen LogP contribution is -2.09. The SMILES string of the molecule is Cn1cc(F)c(-c2ccc(NC(=O)c3cc4sc(NCCO)nc4s3)cc2)n1. The first-order chi connectivity index (χ1) is 13.5. The number of nitrogens with one attached hydrogen (secondary N) is 2. The van der Waals surface area contributed by atoms with Gasteiger partial charge in [0.05, 0.1) is 22.4 Å².